The third kappa shape index (κ3) is 3.68. The minimum atomic E-state index is -0.330. The van der Waals surface area contributed by atoms with Crippen LogP contribution in [-0.4, -0.2) is 71.6 Å². The molecule has 20 heavy (non-hydrogen) atoms. The number of rotatable bonds is 4. The number of hydrogen-bond acceptors (Lipinski definition) is 5. The molecule has 1 aliphatic heterocycles. The van der Waals surface area contributed by atoms with Gasteiger partial charge in [-0.05, 0) is 26.1 Å². The summed E-state index contributed by atoms with van der Waals surface area (Å²) in [6.07, 6.45) is 1.50. The number of pyridine rings is 1. The van der Waals surface area contributed by atoms with Gasteiger partial charge in [-0.1, -0.05) is 0 Å². The number of hydrogen-bond donors (Lipinski definition) is 2. The molecule has 1 aliphatic rings. The third-order valence-electron chi connectivity index (χ3n) is 3.72. The summed E-state index contributed by atoms with van der Waals surface area (Å²) in [6.45, 7) is 6.80. The fraction of sp³-hybridized carbons (Fsp3) is 0.571. The molecular weight excluding hydrogens is 256 g/mol. The largest absolute Gasteiger partial charge is 0.505 e. The molecule has 1 unspecified atom stereocenters. The molecule has 2 N–H and O–H groups in total. The monoisotopic (exact) mass is 278 g/mol. The van der Waals surface area contributed by atoms with Crippen molar-refractivity contribution >= 4 is 5.91 Å². The standard InChI is InChI=1S/C14H22N4O2/c1-11(18-8-6-17(2)7-9-18)10-16-14(20)13-12(19)4-3-5-15-13/h3-5,11,19H,6-10H2,1-2H3,(H,16,20). The molecule has 2 rings (SSSR count). The van der Waals surface area contributed by atoms with Crippen LogP contribution in [0.1, 0.15) is 17.4 Å². The summed E-state index contributed by atoms with van der Waals surface area (Å²) in [5.41, 5.74) is 0.0816. The zero-order chi connectivity index (χ0) is 14.5. The average molecular weight is 278 g/mol. The van der Waals surface area contributed by atoms with Gasteiger partial charge in [0, 0.05) is 45.0 Å². The number of nitrogens with zero attached hydrogens (tertiary/aromatic N) is 3. The van der Waals surface area contributed by atoms with Gasteiger partial charge in [0.1, 0.15) is 5.75 Å². The van der Waals surface area contributed by atoms with E-state index < -0.39 is 0 Å². The van der Waals surface area contributed by atoms with E-state index in [-0.39, 0.29) is 23.4 Å². The van der Waals surface area contributed by atoms with Crippen LogP contribution in [0.5, 0.6) is 5.75 Å². The first kappa shape index (κ1) is 14.7. The minimum absolute atomic E-state index is 0.0816. The second kappa shape index (κ2) is 6.67. The van der Waals surface area contributed by atoms with E-state index in [1.54, 1.807) is 6.07 Å². The summed E-state index contributed by atoms with van der Waals surface area (Å²) in [6, 6.07) is 3.34. The molecule has 6 nitrogen and oxygen atoms in total. The fourth-order valence-corrected chi connectivity index (χ4v) is 2.29. The van der Waals surface area contributed by atoms with Crippen LogP contribution in [0.25, 0.3) is 0 Å². The van der Waals surface area contributed by atoms with Gasteiger partial charge >= 0.3 is 0 Å². The number of carbonyl (C=O) groups excluding carboxylic acids is 1. The van der Waals surface area contributed by atoms with Crippen LogP contribution in [0.2, 0.25) is 0 Å². The SMILES string of the molecule is CC(CNC(=O)c1ncccc1O)N1CCN(C)CC1. The van der Waals surface area contributed by atoms with Crippen molar-refractivity contribution in [1.29, 1.82) is 0 Å². The van der Waals surface area contributed by atoms with Crippen LogP contribution in [0, 0.1) is 0 Å². The lowest BCUT2D eigenvalue weighted by atomic mass is 10.2. The second-order valence-corrected chi connectivity index (χ2v) is 5.27. The fourth-order valence-electron chi connectivity index (χ4n) is 2.29. The molecule has 0 aromatic carbocycles. The minimum Gasteiger partial charge on any atom is -0.505 e. The summed E-state index contributed by atoms with van der Waals surface area (Å²) < 4.78 is 0. The van der Waals surface area contributed by atoms with E-state index in [4.69, 9.17) is 0 Å². The molecule has 0 saturated carbocycles. The molecule has 1 saturated heterocycles. The van der Waals surface area contributed by atoms with E-state index >= 15 is 0 Å². The average Bonchev–Trinajstić information content (AvgIpc) is 2.45. The van der Waals surface area contributed by atoms with Crippen molar-refractivity contribution in [3.8, 4) is 5.75 Å². The quantitative estimate of drug-likeness (QED) is 0.821. The van der Waals surface area contributed by atoms with Crippen LogP contribution in [0.3, 0.4) is 0 Å². The van der Waals surface area contributed by atoms with Crippen molar-refractivity contribution in [3.63, 3.8) is 0 Å². The molecule has 0 spiro atoms. The van der Waals surface area contributed by atoms with Crippen LogP contribution >= 0.6 is 0 Å². The number of carbonyl (C=O) groups is 1. The maximum Gasteiger partial charge on any atom is 0.273 e. The topological polar surface area (TPSA) is 68.7 Å². The molecule has 0 bridgehead atoms. The molecule has 1 aromatic rings. The molecule has 6 heteroatoms. The predicted molar refractivity (Wildman–Crippen MR) is 76.8 cm³/mol. The third-order valence-corrected chi connectivity index (χ3v) is 3.72. The molecule has 1 atom stereocenters. The number of piperazine rings is 1. The Kier molecular flexibility index (Phi) is 4.92. The van der Waals surface area contributed by atoms with Crippen molar-refractivity contribution in [2.24, 2.45) is 0 Å². The molecule has 1 amide bonds. The van der Waals surface area contributed by atoms with Gasteiger partial charge in [0.05, 0.1) is 0 Å². The number of aromatic nitrogens is 1. The first-order valence-corrected chi connectivity index (χ1v) is 6.92. The molecule has 0 aliphatic carbocycles. The lowest BCUT2D eigenvalue weighted by Crippen LogP contribution is -2.51. The van der Waals surface area contributed by atoms with Gasteiger partial charge in [0.15, 0.2) is 5.69 Å². The van der Waals surface area contributed by atoms with E-state index in [1.165, 1.54) is 12.3 Å². The summed E-state index contributed by atoms with van der Waals surface area (Å²) in [7, 11) is 2.12. The highest BCUT2D eigenvalue weighted by Gasteiger charge is 2.20. The van der Waals surface area contributed by atoms with Gasteiger partial charge in [-0.15, -0.1) is 0 Å². The first-order valence-electron chi connectivity index (χ1n) is 6.92. The maximum atomic E-state index is 11.9. The van der Waals surface area contributed by atoms with E-state index in [0.29, 0.717) is 6.54 Å². The Bertz CT molecular complexity index is 458. The van der Waals surface area contributed by atoms with E-state index in [9.17, 15) is 9.90 Å². The van der Waals surface area contributed by atoms with Crippen LogP contribution < -0.4 is 5.32 Å². The lowest BCUT2D eigenvalue weighted by molar-refractivity contribution is 0.0896. The number of aromatic hydroxyl groups is 1. The van der Waals surface area contributed by atoms with Gasteiger partial charge in [-0.25, -0.2) is 4.98 Å². The van der Waals surface area contributed by atoms with E-state index in [2.05, 4.69) is 34.1 Å². The van der Waals surface area contributed by atoms with Crippen molar-refractivity contribution in [1.82, 2.24) is 20.1 Å². The Morgan fingerprint density at radius 1 is 1.45 bits per heavy atom. The molecule has 2 heterocycles. The van der Waals surface area contributed by atoms with Crippen LogP contribution in [0.4, 0.5) is 0 Å². The van der Waals surface area contributed by atoms with Gasteiger partial charge in [-0.2, -0.15) is 0 Å². The number of likely N-dealkylation sites (N-methyl/N-ethyl adjacent to an activating group) is 1. The van der Waals surface area contributed by atoms with Crippen molar-refractivity contribution < 1.29 is 9.90 Å². The summed E-state index contributed by atoms with van der Waals surface area (Å²) >= 11 is 0. The first-order chi connectivity index (χ1) is 9.58. The Morgan fingerprint density at radius 3 is 2.80 bits per heavy atom. The zero-order valence-electron chi connectivity index (χ0n) is 12.0. The maximum absolute atomic E-state index is 11.9. The smallest absolute Gasteiger partial charge is 0.273 e. The predicted octanol–water partition coefficient (Wildman–Crippen LogP) is 0.153. The summed E-state index contributed by atoms with van der Waals surface area (Å²) in [4.78, 5) is 20.5. The van der Waals surface area contributed by atoms with E-state index in [1.807, 2.05) is 0 Å². The van der Waals surface area contributed by atoms with Gasteiger partial charge in [-0.3, -0.25) is 9.69 Å². The Balaban J connectivity index is 1.83. The Morgan fingerprint density at radius 2 is 2.15 bits per heavy atom. The molecular formula is C14H22N4O2. The molecule has 110 valence electrons. The Labute approximate surface area is 119 Å². The lowest BCUT2D eigenvalue weighted by Gasteiger charge is -2.36. The molecule has 0 radical (unpaired) electrons. The van der Waals surface area contributed by atoms with Gasteiger partial charge in [0.2, 0.25) is 0 Å². The Hall–Kier alpha value is -1.66. The van der Waals surface area contributed by atoms with E-state index in [0.717, 1.165) is 26.2 Å². The summed E-state index contributed by atoms with van der Waals surface area (Å²) in [5, 5.41) is 12.4. The highest BCUT2D eigenvalue weighted by atomic mass is 16.3. The van der Waals surface area contributed by atoms with Crippen molar-refractivity contribution in [2.75, 3.05) is 39.8 Å². The van der Waals surface area contributed by atoms with Crippen LogP contribution in [-0.2, 0) is 0 Å². The number of nitrogens with one attached hydrogen (secondary N) is 1. The second-order valence-electron chi connectivity index (χ2n) is 5.27. The molecule has 1 aromatic heterocycles. The highest BCUT2D eigenvalue weighted by Crippen LogP contribution is 2.12. The molecule has 1 fully saturated rings. The summed E-state index contributed by atoms with van der Waals surface area (Å²) in [5.74, 6) is -0.415. The highest BCUT2D eigenvalue weighted by molar-refractivity contribution is 5.94. The zero-order valence-corrected chi connectivity index (χ0v) is 12.0. The number of amides is 1. The van der Waals surface area contributed by atoms with Crippen LogP contribution in [0.15, 0.2) is 18.3 Å². The normalized spacial score (nSPS) is 18.7. The van der Waals surface area contributed by atoms with Crippen molar-refractivity contribution in [3.05, 3.63) is 24.0 Å². The van der Waals surface area contributed by atoms with Crippen molar-refractivity contribution in [2.45, 2.75) is 13.0 Å². The van der Waals surface area contributed by atoms with Gasteiger partial charge in [0.25, 0.3) is 5.91 Å². The van der Waals surface area contributed by atoms with Gasteiger partial charge < -0.3 is 15.3 Å².